The third kappa shape index (κ3) is 4.46. The van der Waals surface area contributed by atoms with E-state index in [1.807, 2.05) is 29.2 Å². The second-order valence-electron chi connectivity index (χ2n) is 7.92. The van der Waals surface area contributed by atoms with Crippen LogP contribution in [0.25, 0.3) is 11.1 Å². The molecule has 0 N–H and O–H groups in total. The topological polar surface area (TPSA) is 57.2 Å². The third-order valence-electron chi connectivity index (χ3n) is 5.89. The molecule has 7 heteroatoms. The van der Waals surface area contributed by atoms with Crippen LogP contribution in [0.3, 0.4) is 0 Å². The maximum atomic E-state index is 13.2. The highest BCUT2D eigenvalue weighted by Gasteiger charge is 2.24. The molecule has 6 nitrogen and oxygen atoms in total. The van der Waals surface area contributed by atoms with E-state index in [9.17, 15) is 4.79 Å². The number of rotatable bonds is 5. The first-order valence-corrected chi connectivity index (χ1v) is 12.0. The van der Waals surface area contributed by atoms with Gasteiger partial charge in [0.25, 0.3) is 0 Å². The summed E-state index contributed by atoms with van der Waals surface area (Å²) in [5.74, 6) is 2.83. The van der Waals surface area contributed by atoms with E-state index in [1.54, 1.807) is 18.9 Å². The number of hydrogen-bond acceptors (Lipinski definition) is 6. The van der Waals surface area contributed by atoms with Crippen LogP contribution in [0.15, 0.2) is 59.5 Å². The zero-order valence-corrected chi connectivity index (χ0v) is 19.4. The van der Waals surface area contributed by atoms with E-state index < -0.39 is 0 Å². The van der Waals surface area contributed by atoms with Gasteiger partial charge in [0.2, 0.25) is 12.7 Å². The Morgan fingerprint density at radius 3 is 2.61 bits per heavy atom. The number of thioether (sulfide) groups is 1. The fourth-order valence-electron chi connectivity index (χ4n) is 4.14. The summed E-state index contributed by atoms with van der Waals surface area (Å²) in [6.07, 6.45) is 2.35. The van der Waals surface area contributed by atoms with Crippen molar-refractivity contribution in [1.29, 1.82) is 0 Å². The number of nitrogens with zero attached hydrogens (tertiary/aromatic N) is 1. The van der Waals surface area contributed by atoms with E-state index in [2.05, 4.69) is 36.6 Å². The number of hydrogen-bond donors (Lipinski definition) is 0. The summed E-state index contributed by atoms with van der Waals surface area (Å²) < 4.78 is 22.5. The minimum Gasteiger partial charge on any atom is -0.493 e. The standard InChI is InChI=1S/C26H25NO5S/c1-29-24-14-19(18-4-6-21(33-2)7-5-18)13-20-15-27(9-10-30-26(20)24)25(28)12-17-3-8-22-23(11-17)32-16-31-22/h3-8,11,13-14H,9-10,12,15-16H2,1-2H3. The molecule has 0 radical (unpaired) electrons. The smallest absolute Gasteiger partial charge is 0.231 e. The Hall–Kier alpha value is -3.32. The van der Waals surface area contributed by atoms with E-state index in [1.165, 1.54) is 4.90 Å². The van der Waals surface area contributed by atoms with Crippen LogP contribution in [0.1, 0.15) is 11.1 Å². The molecule has 0 fully saturated rings. The van der Waals surface area contributed by atoms with Gasteiger partial charge in [-0.15, -0.1) is 11.8 Å². The largest absolute Gasteiger partial charge is 0.493 e. The predicted molar refractivity (Wildman–Crippen MR) is 127 cm³/mol. The van der Waals surface area contributed by atoms with Crippen LogP contribution in [-0.4, -0.2) is 44.1 Å². The van der Waals surface area contributed by atoms with Crippen LogP contribution in [0, 0.1) is 0 Å². The number of ether oxygens (including phenoxy) is 4. The molecule has 2 heterocycles. The molecule has 1 amide bonds. The monoisotopic (exact) mass is 463 g/mol. The molecule has 3 aromatic carbocycles. The lowest BCUT2D eigenvalue weighted by molar-refractivity contribution is -0.131. The van der Waals surface area contributed by atoms with Gasteiger partial charge < -0.3 is 23.8 Å². The molecule has 33 heavy (non-hydrogen) atoms. The van der Waals surface area contributed by atoms with Gasteiger partial charge in [0.15, 0.2) is 23.0 Å². The molecule has 2 aliphatic rings. The number of carbonyl (C=O) groups excluding carboxylic acids is 1. The lowest BCUT2D eigenvalue weighted by Crippen LogP contribution is -2.33. The molecule has 5 rings (SSSR count). The Balaban J connectivity index is 1.40. The quantitative estimate of drug-likeness (QED) is 0.508. The predicted octanol–water partition coefficient (Wildman–Crippen LogP) is 4.78. The summed E-state index contributed by atoms with van der Waals surface area (Å²) >= 11 is 1.71. The Morgan fingerprint density at radius 2 is 1.82 bits per heavy atom. The summed E-state index contributed by atoms with van der Waals surface area (Å²) in [6.45, 7) is 1.61. The van der Waals surface area contributed by atoms with Crippen molar-refractivity contribution in [2.75, 3.05) is 33.3 Å². The molecular formula is C26H25NO5S. The molecule has 2 aliphatic heterocycles. The Kier molecular flexibility index (Phi) is 6.05. The van der Waals surface area contributed by atoms with E-state index >= 15 is 0 Å². The first-order chi connectivity index (χ1) is 16.1. The van der Waals surface area contributed by atoms with Crippen molar-refractivity contribution < 1.29 is 23.7 Å². The van der Waals surface area contributed by atoms with E-state index in [4.69, 9.17) is 18.9 Å². The molecule has 3 aromatic rings. The first-order valence-electron chi connectivity index (χ1n) is 10.8. The van der Waals surface area contributed by atoms with Crippen molar-refractivity contribution in [2.24, 2.45) is 0 Å². The fraction of sp³-hybridized carbons (Fsp3) is 0.269. The van der Waals surface area contributed by atoms with Gasteiger partial charge in [-0.3, -0.25) is 4.79 Å². The number of benzene rings is 3. The van der Waals surface area contributed by atoms with Crippen molar-refractivity contribution in [3.63, 3.8) is 0 Å². The zero-order chi connectivity index (χ0) is 22.8. The summed E-state index contributed by atoms with van der Waals surface area (Å²) in [4.78, 5) is 16.2. The second-order valence-corrected chi connectivity index (χ2v) is 8.80. The van der Waals surface area contributed by atoms with Crippen LogP contribution in [0.2, 0.25) is 0 Å². The van der Waals surface area contributed by atoms with E-state index in [-0.39, 0.29) is 12.7 Å². The van der Waals surface area contributed by atoms with Gasteiger partial charge in [-0.1, -0.05) is 18.2 Å². The number of carbonyl (C=O) groups is 1. The Bertz CT molecular complexity index is 1180. The maximum absolute atomic E-state index is 13.2. The normalized spacial score (nSPS) is 14.3. The Morgan fingerprint density at radius 1 is 1.00 bits per heavy atom. The number of methoxy groups -OCH3 is 1. The van der Waals surface area contributed by atoms with E-state index in [0.717, 1.165) is 22.3 Å². The van der Waals surface area contributed by atoms with E-state index in [0.29, 0.717) is 49.1 Å². The summed E-state index contributed by atoms with van der Waals surface area (Å²) in [6, 6.07) is 18.2. The first kappa shape index (κ1) is 21.5. The van der Waals surface area contributed by atoms with Crippen LogP contribution in [0.5, 0.6) is 23.0 Å². The van der Waals surface area contributed by atoms with Gasteiger partial charge in [0, 0.05) is 17.0 Å². The Labute approximate surface area is 197 Å². The minimum absolute atomic E-state index is 0.0407. The van der Waals surface area contributed by atoms with Crippen molar-refractivity contribution in [2.45, 2.75) is 17.9 Å². The lowest BCUT2D eigenvalue weighted by Gasteiger charge is -2.20. The molecule has 0 aromatic heterocycles. The van der Waals surface area contributed by atoms with Crippen LogP contribution in [0.4, 0.5) is 0 Å². The molecular weight excluding hydrogens is 438 g/mol. The maximum Gasteiger partial charge on any atom is 0.231 e. The molecule has 0 saturated carbocycles. The van der Waals surface area contributed by atoms with Gasteiger partial charge in [-0.2, -0.15) is 0 Å². The average Bonchev–Trinajstić information content (AvgIpc) is 3.20. The fourth-order valence-corrected chi connectivity index (χ4v) is 4.54. The summed E-state index contributed by atoms with van der Waals surface area (Å²) in [5.41, 5.74) is 3.97. The average molecular weight is 464 g/mol. The van der Waals surface area contributed by atoms with Crippen LogP contribution in [-0.2, 0) is 17.8 Å². The molecule has 0 spiro atoms. The van der Waals surface area contributed by atoms with Gasteiger partial charge in [0.1, 0.15) is 6.61 Å². The third-order valence-corrected chi connectivity index (χ3v) is 6.63. The van der Waals surface area contributed by atoms with Gasteiger partial charge in [0.05, 0.1) is 20.1 Å². The molecule has 170 valence electrons. The SMILES string of the molecule is COc1cc(-c2ccc(SC)cc2)cc2c1OCCN(C(=O)Cc1ccc3c(c1)OCO3)C2. The van der Waals surface area contributed by atoms with Crippen LogP contribution < -0.4 is 18.9 Å². The highest BCUT2D eigenvalue weighted by Crippen LogP contribution is 2.39. The number of amides is 1. The minimum atomic E-state index is 0.0407. The highest BCUT2D eigenvalue weighted by molar-refractivity contribution is 7.98. The molecule has 0 atom stereocenters. The summed E-state index contributed by atoms with van der Waals surface area (Å²) in [7, 11) is 1.65. The second kappa shape index (κ2) is 9.27. The van der Waals surface area contributed by atoms with Gasteiger partial charge >= 0.3 is 0 Å². The van der Waals surface area contributed by atoms with Gasteiger partial charge in [-0.25, -0.2) is 0 Å². The molecule has 0 saturated heterocycles. The molecule has 0 bridgehead atoms. The van der Waals surface area contributed by atoms with Crippen molar-refractivity contribution in [1.82, 2.24) is 4.90 Å². The van der Waals surface area contributed by atoms with Crippen molar-refractivity contribution >= 4 is 17.7 Å². The lowest BCUT2D eigenvalue weighted by atomic mass is 10.0. The highest BCUT2D eigenvalue weighted by atomic mass is 32.2. The van der Waals surface area contributed by atoms with Crippen LogP contribution >= 0.6 is 11.8 Å². The zero-order valence-electron chi connectivity index (χ0n) is 18.6. The molecule has 0 aliphatic carbocycles. The number of fused-ring (bicyclic) bond motifs is 2. The molecule has 0 unspecified atom stereocenters. The van der Waals surface area contributed by atoms with Crippen molar-refractivity contribution in [3.8, 4) is 34.1 Å². The van der Waals surface area contributed by atoms with Crippen molar-refractivity contribution in [3.05, 3.63) is 65.7 Å². The summed E-state index contributed by atoms with van der Waals surface area (Å²) in [5, 5.41) is 0. The van der Waals surface area contributed by atoms with Gasteiger partial charge in [-0.05, 0) is 59.3 Å².